The summed E-state index contributed by atoms with van der Waals surface area (Å²) in [6, 6.07) is 4.52. The van der Waals surface area contributed by atoms with Crippen molar-refractivity contribution in [2.45, 2.75) is 25.1 Å². The second kappa shape index (κ2) is 6.44. The summed E-state index contributed by atoms with van der Waals surface area (Å²) in [4.78, 5) is 8.86. The molecule has 2 rings (SSSR count). The van der Waals surface area contributed by atoms with Crippen molar-refractivity contribution >= 4 is 27.5 Å². The molecule has 0 amide bonds. The first-order chi connectivity index (χ1) is 9.15. The van der Waals surface area contributed by atoms with Crippen LogP contribution in [0.2, 0.25) is 5.02 Å². The van der Waals surface area contributed by atoms with Crippen LogP contribution in [-0.2, 0) is 11.8 Å². The Morgan fingerprint density at radius 1 is 1.37 bits per heavy atom. The zero-order valence-corrected chi connectivity index (χ0v) is 12.8. The predicted molar refractivity (Wildman–Crippen MR) is 79.1 cm³/mol. The van der Waals surface area contributed by atoms with E-state index in [1.807, 2.05) is 0 Å². The number of benzene rings is 1. The van der Waals surface area contributed by atoms with E-state index < -0.39 is 5.82 Å². The van der Waals surface area contributed by atoms with E-state index in [0.29, 0.717) is 5.82 Å². The second-order valence-electron chi connectivity index (χ2n) is 4.18. The smallest absolute Gasteiger partial charge is 0.159 e. The minimum absolute atomic E-state index is 0.0858. The summed E-state index contributed by atoms with van der Waals surface area (Å²) >= 11 is 9.21. The van der Waals surface area contributed by atoms with E-state index in [1.165, 1.54) is 6.07 Å². The molecule has 2 nitrogen and oxygen atoms in total. The van der Waals surface area contributed by atoms with Gasteiger partial charge < -0.3 is 0 Å². The predicted octanol–water partition coefficient (Wildman–Crippen LogP) is 4.78. The first-order valence-corrected chi connectivity index (χ1v) is 7.51. The van der Waals surface area contributed by atoms with Crippen LogP contribution in [-0.4, -0.2) is 9.97 Å². The molecule has 0 radical (unpaired) electrons. The molecule has 1 heterocycles. The second-order valence-corrected chi connectivity index (χ2v) is 5.15. The normalized spacial score (nSPS) is 10.7. The quantitative estimate of drug-likeness (QED) is 0.746. The zero-order valence-electron chi connectivity index (χ0n) is 10.5. The van der Waals surface area contributed by atoms with Crippen LogP contribution in [0.15, 0.2) is 24.4 Å². The fourth-order valence-electron chi connectivity index (χ4n) is 1.78. The SMILES string of the molecule is CCCc1nc(-c2ccc(F)c(Cl)c2)ncc1CBr. The molecule has 0 aliphatic rings. The van der Waals surface area contributed by atoms with Crippen LogP contribution in [0.1, 0.15) is 24.6 Å². The van der Waals surface area contributed by atoms with Gasteiger partial charge in [0.15, 0.2) is 5.82 Å². The van der Waals surface area contributed by atoms with E-state index in [2.05, 4.69) is 32.8 Å². The standard InChI is InChI=1S/C14H13BrClFN2/c1-2-3-13-10(7-15)8-18-14(19-13)9-4-5-12(17)11(16)6-9/h4-6,8H,2-3,7H2,1H3. The van der Waals surface area contributed by atoms with Gasteiger partial charge in [-0.15, -0.1) is 0 Å². The molecule has 0 bridgehead atoms. The van der Waals surface area contributed by atoms with Gasteiger partial charge in [-0.2, -0.15) is 0 Å². The third kappa shape index (κ3) is 3.31. The van der Waals surface area contributed by atoms with Crippen molar-refractivity contribution in [2.75, 3.05) is 0 Å². The molecule has 19 heavy (non-hydrogen) atoms. The first-order valence-electron chi connectivity index (χ1n) is 6.02. The van der Waals surface area contributed by atoms with Crippen molar-refractivity contribution in [1.29, 1.82) is 0 Å². The number of nitrogens with zero attached hydrogens (tertiary/aromatic N) is 2. The molecular formula is C14H13BrClFN2. The van der Waals surface area contributed by atoms with Gasteiger partial charge in [-0.1, -0.05) is 40.9 Å². The lowest BCUT2D eigenvalue weighted by Gasteiger charge is -2.08. The fourth-order valence-corrected chi connectivity index (χ4v) is 2.43. The van der Waals surface area contributed by atoms with Crippen LogP contribution < -0.4 is 0 Å². The van der Waals surface area contributed by atoms with Crippen molar-refractivity contribution in [3.63, 3.8) is 0 Å². The Morgan fingerprint density at radius 2 is 2.16 bits per heavy atom. The molecule has 0 N–H and O–H groups in total. The summed E-state index contributed by atoms with van der Waals surface area (Å²) < 4.78 is 13.2. The summed E-state index contributed by atoms with van der Waals surface area (Å²) in [7, 11) is 0. The molecule has 1 aromatic heterocycles. The van der Waals surface area contributed by atoms with Crippen molar-refractivity contribution in [2.24, 2.45) is 0 Å². The number of rotatable bonds is 4. The van der Waals surface area contributed by atoms with Crippen LogP contribution in [0.4, 0.5) is 4.39 Å². The average molecular weight is 344 g/mol. The summed E-state index contributed by atoms with van der Waals surface area (Å²) in [5, 5.41) is 0.815. The Hall–Kier alpha value is -1.00. The summed E-state index contributed by atoms with van der Waals surface area (Å²) in [6.45, 7) is 2.11. The van der Waals surface area contributed by atoms with Gasteiger partial charge in [0.2, 0.25) is 0 Å². The fraction of sp³-hybridized carbons (Fsp3) is 0.286. The van der Waals surface area contributed by atoms with Gasteiger partial charge in [-0.25, -0.2) is 14.4 Å². The largest absolute Gasteiger partial charge is 0.236 e. The maximum atomic E-state index is 13.2. The molecule has 0 fully saturated rings. The molecule has 0 saturated heterocycles. The molecule has 1 aromatic carbocycles. The molecule has 2 aromatic rings. The van der Waals surface area contributed by atoms with Gasteiger partial charge in [-0.05, 0) is 24.6 Å². The van der Waals surface area contributed by atoms with Gasteiger partial charge in [0, 0.05) is 28.3 Å². The molecule has 0 atom stereocenters. The first kappa shape index (κ1) is 14.4. The molecular weight excluding hydrogens is 331 g/mol. The molecule has 0 aliphatic carbocycles. The van der Waals surface area contributed by atoms with Crippen molar-refractivity contribution in [3.05, 3.63) is 46.5 Å². The highest BCUT2D eigenvalue weighted by atomic mass is 79.9. The minimum Gasteiger partial charge on any atom is -0.236 e. The van der Waals surface area contributed by atoms with E-state index in [4.69, 9.17) is 11.6 Å². The number of aryl methyl sites for hydroxylation is 1. The molecule has 100 valence electrons. The third-order valence-electron chi connectivity index (χ3n) is 2.76. The minimum atomic E-state index is -0.434. The van der Waals surface area contributed by atoms with Crippen molar-refractivity contribution < 1.29 is 4.39 Å². The summed E-state index contributed by atoms with van der Waals surface area (Å²) in [6.07, 6.45) is 3.71. The van der Waals surface area contributed by atoms with Gasteiger partial charge >= 0.3 is 0 Å². The van der Waals surface area contributed by atoms with Gasteiger partial charge in [0.05, 0.1) is 5.02 Å². The molecule has 0 aliphatic heterocycles. The van der Waals surface area contributed by atoms with Crippen LogP contribution in [0.25, 0.3) is 11.4 Å². The molecule has 0 saturated carbocycles. The number of aromatic nitrogens is 2. The van der Waals surface area contributed by atoms with E-state index in [-0.39, 0.29) is 5.02 Å². The number of hydrogen-bond acceptors (Lipinski definition) is 2. The van der Waals surface area contributed by atoms with Crippen molar-refractivity contribution in [1.82, 2.24) is 9.97 Å². The Bertz CT molecular complexity index is 590. The number of alkyl halides is 1. The van der Waals surface area contributed by atoms with Crippen LogP contribution >= 0.6 is 27.5 Å². The Kier molecular flexibility index (Phi) is 4.88. The lowest BCUT2D eigenvalue weighted by molar-refractivity contribution is 0.628. The van der Waals surface area contributed by atoms with Gasteiger partial charge in [-0.3, -0.25) is 0 Å². The van der Waals surface area contributed by atoms with E-state index in [0.717, 1.165) is 35.0 Å². The Balaban J connectivity index is 2.44. The maximum Gasteiger partial charge on any atom is 0.159 e. The Labute approximate surface area is 125 Å². The van der Waals surface area contributed by atoms with Crippen LogP contribution in [0, 0.1) is 5.82 Å². The highest BCUT2D eigenvalue weighted by molar-refractivity contribution is 9.08. The van der Waals surface area contributed by atoms with E-state index in [1.54, 1.807) is 18.3 Å². The Morgan fingerprint density at radius 3 is 2.79 bits per heavy atom. The average Bonchev–Trinajstić information content (AvgIpc) is 2.42. The monoisotopic (exact) mass is 342 g/mol. The summed E-state index contributed by atoms with van der Waals surface area (Å²) in [5.41, 5.74) is 2.83. The van der Waals surface area contributed by atoms with Crippen LogP contribution in [0.5, 0.6) is 0 Å². The number of hydrogen-bond donors (Lipinski definition) is 0. The highest BCUT2D eigenvalue weighted by Crippen LogP contribution is 2.23. The lowest BCUT2D eigenvalue weighted by Crippen LogP contribution is -2.00. The number of halogens is 3. The lowest BCUT2D eigenvalue weighted by atomic mass is 10.1. The zero-order chi connectivity index (χ0) is 13.8. The molecule has 5 heteroatoms. The topological polar surface area (TPSA) is 25.8 Å². The summed E-state index contributed by atoms with van der Waals surface area (Å²) in [5.74, 6) is 0.145. The van der Waals surface area contributed by atoms with Gasteiger partial charge in [0.1, 0.15) is 5.82 Å². The van der Waals surface area contributed by atoms with E-state index in [9.17, 15) is 4.39 Å². The van der Waals surface area contributed by atoms with Crippen LogP contribution in [0.3, 0.4) is 0 Å². The highest BCUT2D eigenvalue weighted by Gasteiger charge is 2.09. The molecule has 0 spiro atoms. The van der Waals surface area contributed by atoms with E-state index >= 15 is 0 Å². The maximum absolute atomic E-state index is 13.2. The van der Waals surface area contributed by atoms with Gasteiger partial charge in [0.25, 0.3) is 0 Å². The third-order valence-corrected chi connectivity index (χ3v) is 3.66. The van der Waals surface area contributed by atoms with Crippen molar-refractivity contribution in [3.8, 4) is 11.4 Å². The molecule has 0 unspecified atom stereocenters.